The molecular formula is C17H23BrN2O4. The molecule has 0 radical (unpaired) electrons. The van der Waals surface area contributed by atoms with Crippen LogP contribution in [0.25, 0.3) is 0 Å². The standard InChI is InChI=1S/C17H23BrN2O4/c1-17(2,3)24-16(23)20(9-5-4-6-15(21)22)11-12-10-13(19)7-8-14(12)18/h4,6-8,10H,5,9,11,19H2,1-3H3,(H,21,22)/b6-4+. The second-order valence-corrected chi connectivity index (χ2v) is 7.14. The van der Waals surface area contributed by atoms with Crippen LogP contribution in [0.15, 0.2) is 34.8 Å². The van der Waals surface area contributed by atoms with Crippen molar-refractivity contribution in [3.05, 3.63) is 40.4 Å². The third-order valence-electron chi connectivity index (χ3n) is 2.91. The Morgan fingerprint density at radius 1 is 1.38 bits per heavy atom. The quantitative estimate of drug-likeness (QED) is 0.561. The maximum atomic E-state index is 12.4. The second kappa shape index (κ2) is 8.73. The summed E-state index contributed by atoms with van der Waals surface area (Å²) < 4.78 is 6.26. The summed E-state index contributed by atoms with van der Waals surface area (Å²) in [7, 11) is 0. The van der Waals surface area contributed by atoms with E-state index in [4.69, 9.17) is 15.6 Å². The van der Waals surface area contributed by atoms with E-state index in [9.17, 15) is 9.59 Å². The lowest BCUT2D eigenvalue weighted by Crippen LogP contribution is -2.37. The Morgan fingerprint density at radius 3 is 2.62 bits per heavy atom. The third-order valence-corrected chi connectivity index (χ3v) is 3.68. The topological polar surface area (TPSA) is 92.9 Å². The minimum absolute atomic E-state index is 0.307. The van der Waals surface area contributed by atoms with Crippen molar-refractivity contribution in [2.24, 2.45) is 0 Å². The molecule has 132 valence electrons. The van der Waals surface area contributed by atoms with Crippen LogP contribution in [-0.4, -0.2) is 34.2 Å². The predicted octanol–water partition coefficient (Wildman–Crippen LogP) is 3.80. The van der Waals surface area contributed by atoms with Crippen LogP contribution in [0.2, 0.25) is 0 Å². The lowest BCUT2D eigenvalue weighted by molar-refractivity contribution is -0.131. The first-order chi connectivity index (χ1) is 11.1. The first-order valence-electron chi connectivity index (χ1n) is 7.50. The minimum Gasteiger partial charge on any atom is -0.478 e. The number of rotatable bonds is 6. The zero-order chi connectivity index (χ0) is 18.3. The molecule has 0 aliphatic carbocycles. The van der Waals surface area contributed by atoms with Gasteiger partial charge in [0.05, 0.1) is 6.54 Å². The van der Waals surface area contributed by atoms with Gasteiger partial charge in [0.1, 0.15) is 5.60 Å². The van der Waals surface area contributed by atoms with Gasteiger partial charge in [-0.3, -0.25) is 0 Å². The van der Waals surface area contributed by atoms with Gasteiger partial charge in [-0.1, -0.05) is 22.0 Å². The van der Waals surface area contributed by atoms with Crippen LogP contribution in [-0.2, 0) is 16.1 Å². The van der Waals surface area contributed by atoms with Gasteiger partial charge >= 0.3 is 12.1 Å². The van der Waals surface area contributed by atoms with Crippen molar-refractivity contribution in [2.75, 3.05) is 12.3 Å². The van der Waals surface area contributed by atoms with E-state index in [1.54, 1.807) is 32.9 Å². The van der Waals surface area contributed by atoms with E-state index >= 15 is 0 Å². The third kappa shape index (κ3) is 7.50. The molecular weight excluding hydrogens is 376 g/mol. The summed E-state index contributed by atoms with van der Waals surface area (Å²) in [5, 5.41) is 8.63. The molecule has 0 aliphatic heterocycles. The zero-order valence-corrected chi connectivity index (χ0v) is 15.7. The number of ether oxygens (including phenoxy) is 1. The van der Waals surface area contributed by atoms with Crippen molar-refractivity contribution >= 4 is 33.7 Å². The predicted molar refractivity (Wildman–Crippen MR) is 96.6 cm³/mol. The average Bonchev–Trinajstić information content (AvgIpc) is 2.43. The second-order valence-electron chi connectivity index (χ2n) is 6.28. The summed E-state index contributed by atoms with van der Waals surface area (Å²) in [5.74, 6) is -1.02. The van der Waals surface area contributed by atoms with Crippen molar-refractivity contribution < 1.29 is 19.4 Å². The Morgan fingerprint density at radius 2 is 2.04 bits per heavy atom. The zero-order valence-electron chi connectivity index (χ0n) is 14.1. The first kappa shape index (κ1) is 20.0. The fourth-order valence-corrected chi connectivity index (χ4v) is 2.27. The van der Waals surface area contributed by atoms with Crippen LogP contribution in [0.4, 0.5) is 10.5 Å². The largest absolute Gasteiger partial charge is 0.478 e. The fourth-order valence-electron chi connectivity index (χ4n) is 1.90. The van der Waals surface area contributed by atoms with E-state index in [1.165, 1.54) is 11.0 Å². The molecule has 3 N–H and O–H groups in total. The molecule has 0 saturated carbocycles. The van der Waals surface area contributed by atoms with Crippen LogP contribution in [0.1, 0.15) is 32.8 Å². The Bertz CT molecular complexity index is 624. The van der Waals surface area contributed by atoms with Crippen LogP contribution in [0.3, 0.4) is 0 Å². The van der Waals surface area contributed by atoms with Crippen molar-refractivity contribution in [2.45, 2.75) is 39.3 Å². The van der Waals surface area contributed by atoms with Gasteiger partial charge in [-0.15, -0.1) is 0 Å². The van der Waals surface area contributed by atoms with Crippen LogP contribution >= 0.6 is 15.9 Å². The number of carboxylic acid groups (broad SMARTS) is 1. The number of carboxylic acids is 1. The van der Waals surface area contributed by atoms with Gasteiger partial charge in [0.2, 0.25) is 0 Å². The monoisotopic (exact) mass is 398 g/mol. The number of nitrogen functional groups attached to an aromatic ring is 1. The molecule has 1 amide bonds. The van der Waals surface area contributed by atoms with Gasteiger partial charge in [0.25, 0.3) is 0 Å². The smallest absolute Gasteiger partial charge is 0.410 e. The minimum atomic E-state index is -1.02. The molecule has 0 fully saturated rings. The highest BCUT2D eigenvalue weighted by Crippen LogP contribution is 2.22. The van der Waals surface area contributed by atoms with Crippen molar-refractivity contribution in [3.8, 4) is 0 Å². The highest BCUT2D eigenvalue weighted by molar-refractivity contribution is 9.10. The first-order valence-corrected chi connectivity index (χ1v) is 8.29. The van der Waals surface area contributed by atoms with E-state index in [0.717, 1.165) is 16.1 Å². The molecule has 1 aromatic rings. The number of amides is 1. The van der Waals surface area contributed by atoms with Gasteiger partial charge in [-0.05, 0) is 51.0 Å². The normalized spacial score (nSPS) is 11.5. The molecule has 0 saturated heterocycles. The van der Waals surface area contributed by atoms with Crippen LogP contribution in [0.5, 0.6) is 0 Å². The number of aliphatic carboxylic acids is 1. The molecule has 0 bridgehead atoms. The summed E-state index contributed by atoms with van der Waals surface area (Å²) in [6.45, 7) is 6.03. The summed E-state index contributed by atoms with van der Waals surface area (Å²) in [4.78, 5) is 24.5. The molecule has 0 unspecified atom stereocenters. The van der Waals surface area contributed by atoms with Gasteiger partial charge in [-0.25, -0.2) is 9.59 Å². The number of anilines is 1. The molecule has 0 atom stereocenters. The van der Waals surface area contributed by atoms with Gasteiger partial charge in [-0.2, -0.15) is 0 Å². The number of hydrogen-bond donors (Lipinski definition) is 2. The number of nitrogens with two attached hydrogens (primary N) is 1. The highest BCUT2D eigenvalue weighted by atomic mass is 79.9. The molecule has 1 aromatic carbocycles. The van der Waals surface area contributed by atoms with E-state index < -0.39 is 17.7 Å². The summed E-state index contributed by atoms with van der Waals surface area (Å²) in [5.41, 5.74) is 6.64. The number of carbonyl (C=O) groups is 2. The molecule has 7 heteroatoms. The van der Waals surface area contributed by atoms with E-state index in [1.807, 2.05) is 6.07 Å². The highest BCUT2D eigenvalue weighted by Gasteiger charge is 2.22. The summed E-state index contributed by atoms with van der Waals surface area (Å²) in [6, 6.07) is 5.37. The molecule has 24 heavy (non-hydrogen) atoms. The maximum absolute atomic E-state index is 12.4. The average molecular weight is 399 g/mol. The lowest BCUT2D eigenvalue weighted by atomic mass is 10.2. The van der Waals surface area contributed by atoms with Gasteiger partial charge < -0.3 is 20.5 Å². The Labute approximate surface area is 150 Å². The number of halogens is 1. The fraction of sp³-hybridized carbons (Fsp3) is 0.412. The van der Waals surface area contributed by atoms with E-state index in [-0.39, 0.29) is 0 Å². The Balaban J connectivity index is 2.89. The van der Waals surface area contributed by atoms with Crippen molar-refractivity contribution in [1.82, 2.24) is 4.90 Å². The SMILES string of the molecule is CC(C)(C)OC(=O)N(CC/C=C/C(=O)O)Cc1cc(N)ccc1Br. The van der Waals surface area contributed by atoms with Crippen molar-refractivity contribution in [1.29, 1.82) is 0 Å². The van der Waals surface area contributed by atoms with Gasteiger partial charge in [0, 0.05) is 22.8 Å². The van der Waals surface area contributed by atoms with Crippen LogP contribution in [0, 0.1) is 0 Å². The molecule has 0 aromatic heterocycles. The molecule has 0 heterocycles. The number of nitrogens with zero attached hydrogens (tertiary/aromatic N) is 1. The maximum Gasteiger partial charge on any atom is 0.410 e. The number of carbonyl (C=O) groups excluding carboxylic acids is 1. The molecule has 0 spiro atoms. The summed E-state index contributed by atoms with van der Waals surface area (Å²) >= 11 is 3.44. The number of hydrogen-bond acceptors (Lipinski definition) is 4. The Hall–Kier alpha value is -2.02. The van der Waals surface area contributed by atoms with Crippen molar-refractivity contribution in [3.63, 3.8) is 0 Å². The summed E-state index contributed by atoms with van der Waals surface area (Å²) in [6.07, 6.45) is 2.52. The van der Waals surface area contributed by atoms with E-state index in [2.05, 4.69) is 15.9 Å². The Kier molecular flexibility index (Phi) is 7.28. The number of benzene rings is 1. The van der Waals surface area contributed by atoms with Crippen LogP contribution < -0.4 is 5.73 Å². The molecule has 1 rings (SSSR count). The van der Waals surface area contributed by atoms with E-state index in [0.29, 0.717) is 25.2 Å². The molecule has 6 nitrogen and oxygen atoms in total. The lowest BCUT2D eigenvalue weighted by Gasteiger charge is -2.27. The molecule has 0 aliphatic rings. The van der Waals surface area contributed by atoms with Gasteiger partial charge in [0.15, 0.2) is 0 Å².